The zero-order chi connectivity index (χ0) is 13.5. The largest absolute Gasteiger partial charge is 0.384 e. The van der Waals surface area contributed by atoms with E-state index in [2.05, 4.69) is 24.4 Å². The number of fused-ring (bicyclic) bond motifs is 1. The van der Waals surface area contributed by atoms with E-state index in [-0.39, 0.29) is 5.92 Å². The summed E-state index contributed by atoms with van der Waals surface area (Å²) in [6.45, 7) is 3.02. The van der Waals surface area contributed by atoms with Gasteiger partial charge in [-0.25, -0.2) is 0 Å². The number of anilines is 1. The maximum absolute atomic E-state index is 12.3. The van der Waals surface area contributed by atoms with Gasteiger partial charge in [-0.15, -0.1) is 0 Å². The molecule has 2 heteroatoms. The molecule has 2 nitrogen and oxygen atoms in total. The Labute approximate surface area is 116 Å². The van der Waals surface area contributed by atoms with Crippen LogP contribution in [0.1, 0.15) is 63.4 Å². The van der Waals surface area contributed by atoms with Crippen molar-refractivity contribution in [2.75, 3.05) is 11.9 Å². The third-order valence-corrected chi connectivity index (χ3v) is 4.00. The van der Waals surface area contributed by atoms with Crippen molar-refractivity contribution in [3.05, 3.63) is 29.8 Å². The minimum atomic E-state index is 0.0897. The van der Waals surface area contributed by atoms with Crippen LogP contribution in [0.3, 0.4) is 0 Å². The van der Waals surface area contributed by atoms with Crippen molar-refractivity contribution in [3.8, 4) is 0 Å². The zero-order valence-electron chi connectivity index (χ0n) is 12.0. The SMILES string of the molecule is CCCCCCCCC(=O)C1CNc2ccccc21. The number of unbranched alkanes of at least 4 members (excludes halogenated alkanes) is 5. The molecule has 1 atom stereocenters. The fourth-order valence-corrected chi connectivity index (χ4v) is 2.82. The van der Waals surface area contributed by atoms with Gasteiger partial charge in [0, 0.05) is 18.7 Å². The number of Topliss-reactive ketones (excluding diaryl/α,β-unsaturated/α-hetero) is 1. The minimum Gasteiger partial charge on any atom is -0.384 e. The minimum absolute atomic E-state index is 0.0897. The number of benzene rings is 1. The zero-order valence-corrected chi connectivity index (χ0v) is 12.0. The highest BCUT2D eigenvalue weighted by molar-refractivity contribution is 5.89. The van der Waals surface area contributed by atoms with E-state index in [9.17, 15) is 4.79 Å². The molecular formula is C17H25NO. The normalized spacial score (nSPS) is 17.0. The predicted octanol–water partition coefficient (Wildman–Crippen LogP) is 4.52. The molecule has 1 aliphatic rings. The third kappa shape index (κ3) is 3.82. The summed E-state index contributed by atoms with van der Waals surface area (Å²) >= 11 is 0. The monoisotopic (exact) mass is 259 g/mol. The van der Waals surface area contributed by atoms with Crippen molar-refractivity contribution in [2.45, 2.75) is 57.8 Å². The Morgan fingerprint density at radius 1 is 1.16 bits per heavy atom. The van der Waals surface area contributed by atoms with Crippen LogP contribution in [0.5, 0.6) is 0 Å². The first-order valence-electron chi connectivity index (χ1n) is 7.68. The van der Waals surface area contributed by atoms with Gasteiger partial charge >= 0.3 is 0 Å². The van der Waals surface area contributed by atoms with Crippen LogP contribution in [0.25, 0.3) is 0 Å². The molecule has 1 aromatic rings. The summed E-state index contributed by atoms with van der Waals surface area (Å²) in [6, 6.07) is 8.19. The molecule has 1 aliphatic heterocycles. The highest BCUT2D eigenvalue weighted by atomic mass is 16.1. The first-order valence-corrected chi connectivity index (χ1v) is 7.68. The van der Waals surface area contributed by atoms with Crippen molar-refractivity contribution in [2.24, 2.45) is 0 Å². The van der Waals surface area contributed by atoms with Gasteiger partial charge in [0.15, 0.2) is 0 Å². The average molecular weight is 259 g/mol. The molecule has 0 radical (unpaired) electrons. The molecule has 0 saturated heterocycles. The number of hydrogen-bond donors (Lipinski definition) is 1. The predicted molar refractivity (Wildman–Crippen MR) is 80.7 cm³/mol. The highest BCUT2D eigenvalue weighted by Crippen LogP contribution is 2.32. The van der Waals surface area contributed by atoms with Gasteiger partial charge in [-0.2, -0.15) is 0 Å². The molecule has 2 rings (SSSR count). The first-order chi connectivity index (χ1) is 9.33. The quantitative estimate of drug-likeness (QED) is 0.696. The maximum Gasteiger partial charge on any atom is 0.142 e. The summed E-state index contributed by atoms with van der Waals surface area (Å²) in [5.74, 6) is 0.500. The van der Waals surface area contributed by atoms with Gasteiger partial charge < -0.3 is 5.32 Å². The fraction of sp³-hybridized carbons (Fsp3) is 0.588. The second-order valence-electron chi connectivity index (χ2n) is 5.50. The number of carbonyl (C=O) groups excluding carboxylic acids is 1. The first kappa shape index (κ1) is 14.1. The van der Waals surface area contributed by atoms with Crippen LogP contribution < -0.4 is 5.32 Å². The van der Waals surface area contributed by atoms with Crippen molar-refractivity contribution < 1.29 is 4.79 Å². The van der Waals surface area contributed by atoms with Crippen LogP contribution in [0, 0.1) is 0 Å². The Kier molecular flexibility index (Phi) is 5.44. The molecular weight excluding hydrogens is 234 g/mol. The van der Waals surface area contributed by atoms with Gasteiger partial charge in [-0.3, -0.25) is 4.79 Å². The van der Waals surface area contributed by atoms with E-state index < -0.39 is 0 Å². The lowest BCUT2D eigenvalue weighted by atomic mass is 9.93. The molecule has 1 heterocycles. The summed E-state index contributed by atoms with van der Waals surface area (Å²) in [5, 5.41) is 3.33. The van der Waals surface area contributed by atoms with E-state index in [1.807, 2.05) is 12.1 Å². The van der Waals surface area contributed by atoms with Gasteiger partial charge in [0.1, 0.15) is 5.78 Å². The molecule has 0 aliphatic carbocycles. The van der Waals surface area contributed by atoms with Gasteiger partial charge in [0.25, 0.3) is 0 Å². The van der Waals surface area contributed by atoms with E-state index in [1.165, 1.54) is 37.7 Å². The molecule has 1 aromatic carbocycles. The summed E-state index contributed by atoms with van der Waals surface area (Å²) in [4.78, 5) is 12.3. The summed E-state index contributed by atoms with van der Waals surface area (Å²) in [6.07, 6.45) is 8.21. The van der Waals surface area contributed by atoms with Crippen LogP contribution in [0.15, 0.2) is 24.3 Å². The Balaban J connectivity index is 1.73. The van der Waals surface area contributed by atoms with Crippen LogP contribution in [-0.2, 0) is 4.79 Å². The third-order valence-electron chi connectivity index (χ3n) is 4.00. The Hall–Kier alpha value is -1.31. The average Bonchev–Trinajstić information content (AvgIpc) is 2.86. The van der Waals surface area contributed by atoms with Crippen molar-refractivity contribution >= 4 is 11.5 Å². The van der Waals surface area contributed by atoms with Crippen LogP contribution in [0.2, 0.25) is 0 Å². The van der Waals surface area contributed by atoms with Crippen molar-refractivity contribution in [1.82, 2.24) is 0 Å². The Morgan fingerprint density at radius 2 is 1.89 bits per heavy atom. The summed E-state index contributed by atoms with van der Waals surface area (Å²) < 4.78 is 0. The second kappa shape index (κ2) is 7.32. The van der Waals surface area contributed by atoms with Gasteiger partial charge in [0.05, 0.1) is 5.92 Å². The standard InChI is InChI=1S/C17H25NO/c1-2-3-4-5-6-7-12-17(19)15-13-18-16-11-9-8-10-14(15)16/h8-11,15,18H,2-7,12-13H2,1H3. The molecule has 0 spiro atoms. The Bertz CT molecular complexity index is 413. The molecule has 104 valence electrons. The number of para-hydroxylation sites is 1. The molecule has 0 fully saturated rings. The lowest BCUT2D eigenvalue weighted by molar-refractivity contribution is -0.120. The van der Waals surface area contributed by atoms with E-state index in [0.29, 0.717) is 5.78 Å². The topological polar surface area (TPSA) is 29.1 Å². The van der Waals surface area contributed by atoms with Crippen molar-refractivity contribution in [1.29, 1.82) is 0 Å². The van der Waals surface area contributed by atoms with Crippen LogP contribution >= 0.6 is 0 Å². The molecule has 19 heavy (non-hydrogen) atoms. The smallest absolute Gasteiger partial charge is 0.142 e. The molecule has 0 bridgehead atoms. The molecule has 0 saturated carbocycles. The summed E-state index contributed by atoms with van der Waals surface area (Å²) in [7, 11) is 0. The van der Waals surface area contributed by atoms with Gasteiger partial charge in [0.2, 0.25) is 0 Å². The number of rotatable bonds is 8. The van der Waals surface area contributed by atoms with E-state index in [0.717, 1.165) is 25.1 Å². The van der Waals surface area contributed by atoms with Gasteiger partial charge in [-0.05, 0) is 18.1 Å². The Morgan fingerprint density at radius 3 is 2.74 bits per heavy atom. The van der Waals surface area contributed by atoms with Crippen LogP contribution in [0.4, 0.5) is 5.69 Å². The maximum atomic E-state index is 12.3. The van der Waals surface area contributed by atoms with Crippen LogP contribution in [-0.4, -0.2) is 12.3 Å². The number of hydrogen-bond acceptors (Lipinski definition) is 2. The fourth-order valence-electron chi connectivity index (χ4n) is 2.82. The lowest BCUT2D eigenvalue weighted by Gasteiger charge is -2.08. The molecule has 0 aromatic heterocycles. The number of ketones is 1. The highest BCUT2D eigenvalue weighted by Gasteiger charge is 2.27. The summed E-state index contributed by atoms with van der Waals surface area (Å²) in [5.41, 5.74) is 2.34. The van der Waals surface area contributed by atoms with E-state index >= 15 is 0 Å². The van der Waals surface area contributed by atoms with Crippen molar-refractivity contribution in [3.63, 3.8) is 0 Å². The molecule has 1 unspecified atom stereocenters. The number of nitrogens with one attached hydrogen (secondary N) is 1. The van der Waals surface area contributed by atoms with E-state index in [4.69, 9.17) is 0 Å². The number of carbonyl (C=O) groups is 1. The molecule has 1 N–H and O–H groups in total. The molecule has 0 amide bonds. The lowest BCUT2D eigenvalue weighted by Crippen LogP contribution is -2.14. The van der Waals surface area contributed by atoms with Gasteiger partial charge in [-0.1, -0.05) is 57.2 Å². The second-order valence-corrected chi connectivity index (χ2v) is 5.50. The van der Waals surface area contributed by atoms with E-state index in [1.54, 1.807) is 0 Å².